The average Bonchev–Trinajstić information content (AvgIpc) is 3.26. The largest absolute Gasteiger partial charge is 0.390 e. The van der Waals surface area contributed by atoms with Crippen LogP contribution >= 0.6 is 11.6 Å². The Morgan fingerprint density at radius 2 is 1.97 bits per heavy atom. The minimum Gasteiger partial charge on any atom is -0.390 e. The highest BCUT2D eigenvalue weighted by atomic mass is 35.5. The molecule has 3 N–H and O–H groups in total. The monoisotopic (exact) mass is 517 g/mol. The highest BCUT2D eigenvalue weighted by Crippen LogP contribution is 2.26. The molecule has 5 rings (SSSR count). The molecule has 0 aromatic carbocycles. The van der Waals surface area contributed by atoms with Gasteiger partial charge in [-0.3, -0.25) is 0 Å². The van der Waals surface area contributed by atoms with Crippen LogP contribution in [0.25, 0.3) is 5.65 Å². The standard InChI is InChI=1S/C26H28ClN9O/c1-26(2,37)12-20-16-36-10-7-19(11-23(36)31-20)33-25-30-15-21(27)24(34-25)32-18-5-8-35(9-6-18)22-4-3-17(13-28)14-29-22/h3-4,7,10-11,14-16,18,37H,5-6,8-9,12H2,1-2H3,(H2,30,32,33,34). The second-order valence-electron chi connectivity index (χ2n) is 9.84. The fourth-order valence-corrected chi connectivity index (χ4v) is 4.53. The normalized spacial score (nSPS) is 14.5. The first-order valence-corrected chi connectivity index (χ1v) is 12.5. The Balaban J connectivity index is 1.22. The maximum atomic E-state index is 10.1. The molecule has 0 atom stereocenters. The Morgan fingerprint density at radius 3 is 2.68 bits per heavy atom. The molecule has 1 aliphatic heterocycles. The molecule has 1 saturated heterocycles. The highest BCUT2D eigenvalue weighted by molar-refractivity contribution is 6.32. The van der Waals surface area contributed by atoms with Crippen LogP contribution in [0.3, 0.4) is 0 Å². The number of fused-ring (bicyclic) bond motifs is 1. The summed E-state index contributed by atoms with van der Waals surface area (Å²) in [7, 11) is 0. The summed E-state index contributed by atoms with van der Waals surface area (Å²) >= 11 is 6.41. The van der Waals surface area contributed by atoms with Crippen molar-refractivity contribution in [2.24, 2.45) is 0 Å². The van der Waals surface area contributed by atoms with Crippen LogP contribution in [0.5, 0.6) is 0 Å². The summed E-state index contributed by atoms with van der Waals surface area (Å²) < 4.78 is 1.92. The first-order valence-electron chi connectivity index (χ1n) is 12.1. The fraction of sp³-hybridized carbons (Fsp3) is 0.346. The third-order valence-electron chi connectivity index (χ3n) is 6.16. The van der Waals surface area contributed by atoms with Crippen LogP contribution in [0.4, 0.5) is 23.3 Å². The molecule has 11 heteroatoms. The first kappa shape index (κ1) is 24.7. The van der Waals surface area contributed by atoms with E-state index in [0.29, 0.717) is 28.8 Å². The Labute approximate surface area is 220 Å². The van der Waals surface area contributed by atoms with E-state index in [1.54, 1.807) is 32.3 Å². The van der Waals surface area contributed by atoms with Crippen LogP contribution in [0.15, 0.2) is 49.1 Å². The molecule has 0 radical (unpaired) electrons. The molecule has 1 aliphatic rings. The van der Waals surface area contributed by atoms with Crippen molar-refractivity contribution in [1.29, 1.82) is 5.26 Å². The Hall–Kier alpha value is -3.94. The minimum atomic E-state index is -0.823. The number of hydrogen-bond acceptors (Lipinski definition) is 9. The smallest absolute Gasteiger partial charge is 0.229 e. The average molecular weight is 518 g/mol. The molecule has 0 spiro atoms. The van der Waals surface area contributed by atoms with Gasteiger partial charge in [0.2, 0.25) is 5.95 Å². The molecule has 0 bridgehead atoms. The van der Waals surface area contributed by atoms with Gasteiger partial charge >= 0.3 is 0 Å². The van der Waals surface area contributed by atoms with E-state index < -0.39 is 5.60 Å². The summed E-state index contributed by atoms with van der Waals surface area (Å²) in [6, 6.07) is 9.82. The predicted octanol–water partition coefficient (Wildman–Crippen LogP) is 4.18. The maximum Gasteiger partial charge on any atom is 0.229 e. The second kappa shape index (κ2) is 10.2. The molecule has 0 saturated carbocycles. The van der Waals surface area contributed by atoms with Gasteiger partial charge < -0.3 is 25.0 Å². The number of aliphatic hydroxyl groups is 1. The van der Waals surface area contributed by atoms with Crippen LogP contribution in [0, 0.1) is 11.3 Å². The lowest BCUT2D eigenvalue weighted by Gasteiger charge is -2.33. The number of halogens is 1. The molecule has 37 heavy (non-hydrogen) atoms. The van der Waals surface area contributed by atoms with Crippen molar-refractivity contribution >= 4 is 40.5 Å². The number of anilines is 4. The van der Waals surface area contributed by atoms with Gasteiger partial charge in [-0.05, 0) is 44.9 Å². The van der Waals surface area contributed by atoms with E-state index in [0.717, 1.165) is 48.8 Å². The quantitative estimate of drug-likeness (QED) is 0.330. The molecule has 4 aromatic rings. The number of nitrogens with zero attached hydrogens (tertiary/aromatic N) is 7. The summed E-state index contributed by atoms with van der Waals surface area (Å²) in [5.41, 5.74) is 2.11. The van der Waals surface area contributed by atoms with Crippen LogP contribution in [-0.4, -0.2) is 54.2 Å². The molecule has 0 unspecified atom stereocenters. The Morgan fingerprint density at radius 1 is 1.16 bits per heavy atom. The Bertz CT molecular complexity index is 1430. The summed E-state index contributed by atoms with van der Waals surface area (Å²) in [5, 5.41) is 26.2. The van der Waals surface area contributed by atoms with E-state index in [1.165, 1.54) is 0 Å². The predicted molar refractivity (Wildman–Crippen MR) is 143 cm³/mol. The zero-order valence-corrected chi connectivity index (χ0v) is 21.4. The van der Waals surface area contributed by atoms with Gasteiger partial charge in [0.15, 0.2) is 5.82 Å². The van der Waals surface area contributed by atoms with Gasteiger partial charge in [0.1, 0.15) is 22.6 Å². The summed E-state index contributed by atoms with van der Waals surface area (Å²) in [4.78, 5) is 20.2. The van der Waals surface area contributed by atoms with Crippen LogP contribution in [0.2, 0.25) is 5.02 Å². The molecule has 0 amide bonds. The topological polar surface area (TPSA) is 127 Å². The van der Waals surface area contributed by atoms with Crippen LogP contribution in [-0.2, 0) is 6.42 Å². The second-order valence-corrected chi connectivity index (χ2v) is 10.2. The van der Waals surface area contributed by atoms with E-state index in [1.807, 2.05) is 35.0 Å². The molecule has 10 nitrogen and oxygen atoms in total. The van der Waals surface area contributed by atoms with Crippen molar-refractivity contribution in [2.75, 3.05) is 28.6 Å². The minimum absolute atomic E-state index is 0.213. The molecule has 0 aliphatic carbocycles. The molecular formula is C26H28ClN9O. The lowest BCUT2D eigenvalue weighted by Crippen LogP contribution is -2.39. The van der Waals surface area contributed by atoms with Crippen molar-refractivity contribution in [1.82, 2.24) is 24.3 Å². The lowest BCUT2D eigenvalue weighted by molar-refractivity contribution is 0.0801. The van der Waals surface area contributed by atoms with Crippen LogP contribution < -0.4 is 15.5 Å². The van der Waals surface area contributed by atoms with Gasteiger partial charge in [0.25, 0.3) is 0 Å². The van der Waals surface area contributed by atoms with Crippen molar-refractivity contribution in [3.63, 3.8) is 0 Å². The summed E-state index contributed by atoms with van der Waals surface area (Å²) in [5.74, 6) is 1.90. The SMILES string of the molecule is CC(C)(O)Cc1cn2ccc(Nc3ncc(Cl)c(NC4CCN(c5ccc(C#N)cn5)CC4)n3)cc2n1. The van der Waals surface area contributed by atoms with Gasteiger partial charge in [-0.1, -0.05) is 11.6 Å². The number of nitriles is 1. The van der Waals surface area contributed by atoms with E-state index in [4.69, 9.17) is 16.9 Å². The summed E-state index contributed by atoms with van der Waals surface area (Å²) in [6.45, 7) is 5.21. The number of rotatable bonds is 7. The maximum absolute atomic E-state index is 10.1. The third-order valence-corrected chi connectivity index (χ3v) is 6.44. The fourth-order valence-electron chi connectivity index (χ4n) is 4.38. The number of hydrogen-bond donors (Lipinski definition) is 3. The van der Waals surface area contributed by atoms with E-state index in [2.05, 4.69) is 41.5 Å². The molecule has 1 fully saturated rings. The van der Waals surface area contributed by atoms with Gasteiger partial charge in [-0.2, -0.15) is 10.2 Å². The highest BCUT2D eigenvalue weighted by Gasteiger charge is 2.22. The number of nitrogens with one attached hydrogen (secondary N) is 2. The van der Waals surface area contributed by atoms with Crippen LogP contribution in [0.1, 0.15) is 37.9 Å². The number of piperidine rings is 1. The van der Waals surface area contributed by atoms with E-state index in [-0.39, 0.29) is 6.04 Å². The Kier molecular flexibility index (Phi) is 6.82. The zero-order valence-electron chi connectivity index (χ0n) is 20.7. The van der Waals surface area contributed by atoms with Crippen molar-refractivity contribution in [3.8, 4) is 6.07 Å². The van der Waals surface area contributed by atoms with Crippen molar-refractivity contribution < 1.29 is 5.11 Å². The molecule has 5 heterocycles. The lowest BCUT2D eigenvalue weighted by atomic mass is 10.0. The van der Waals surface area contributed by atoms with Gasteiger partial charge in [-0.15, -0.1) is 0 Å². The first-order chi connectivity index (χ1) is 17.8. The van der Waals surface area contributed by atoms with E-state index >= 15 is 0 Å². The van der Waals surface area contributed by atoms with Gasteiger partial charge in [0.05, 0.1) is 23.1 Å². The number of aromatic nitrogens is 5. The van der Waals surface area contributed by atoms with E-state index in [9.17, 15) is 5.11 Å². The van der Waals surface area contributed by atoms with Gasteiger partial charge in [0, 0.05) is 55.9 Å². The third kappa shape index (κ3) is 6.07. The zero-order chi connectivity index (χ0) is 26.0. The van der Waals surface area contributed by atoms with Crippen molar-refractivity contribution in [2.45, 2.75) is 44.8 Å². The molecule has 190 valence electrons. The summed E-state index contributed by atoms with van der Waals surface area (Å²) in [6.07, 6.45) is 9.28. The van der Waals surface area contributed by atoms with Crippen molar-refractivity contribution in [3.05, 3.63) is 65.3 Å². The number of imidazole rings is 1. The molecule has 4 aromatic heterocycles. The number of pyridine rings is 2. The molecular weight excluding hydrogens is 490 g/mol. The van der Waals surface area contributed by atoms with Gasteiger partial charge in [-0.25, -0.2) is 15.0 Å².